The van der Waals surface area contributed by atoms with Crippen LogP contribution >= 0.6 is 0 Å². The van der Waals surface area contributed by atoms with Crippen LogP contribution < -0.4 is 5.32 Å². The van der Waals surface area contributed by atoms with Crippen molar-refractivity contribution in [1.29, 1.82) is 0 Å². The molecule has 1 fully saturated rings. The van der Waals surface area contributed by atoms with Crippen molar-refractivity contribution >= 4 is 10.0 Å². The van der Waals surface area contributed by atoms with Crippen molar-refractivity contribution < 1.29 is 8.42 Å². The zero-order chi connectivity index (χ0) is 10.8. The Hall–Kier alpha value is -0.130. The molecule has 0 amide bonds. The molecule has 1 unspecified atom stereocenters. The molecule has 0 aromatic rings. The number of sulfonamides is 1. The molecule has 0 aromatic heterocycles. The summed E-state index contributed by atoms with van der Waals surface area (Å²) in [4.78, 5) is 0. The normalized spacial score (nSPS) is 25.6. The van der Waals surface area contributed by atoms with E-state index in [9.17, 15) is 8.42 Å². The molecule has 1 rings (SSSR count). The number of hydrogen-bond acceptors (Lipinski definition) is 3. The molecule has 5 heteroatoms. The summed E-state index contributed by atoms with van der Waals surface area (Å²) in [7, 11) is -3.03. The van der Waals surface area contributed by atoms with Crippen LogP contribution in [0.4, 0.5) is 0 Å². The Labute approximate surface area is 86.7 Å². The second-order valence-corrected chi connectivity index (χ2v) is 6.30. The zero-order valence-electron chi connectivity index (χ0n) is 9.16. The highest BCUT2D eigenvalue weighted by Gasteiger charge is 2.29. The molecular weight excluding hydrogens is 200 g/mol. The number of piperazine rings is 1. The topological polar surface area (TPSA) is 49.4 Å². The number of rotatable bonds is 3. The Bertz CT molecular complexity index is 275. The highest BCUT2D eigenvalue weighted by Crippen LogP contribution is 2.15. The van der Waals surface area contributed by atoms with Crippen LogP contribution in [0.1, 0.15) is 20.3 Å². The van der Waals surface area contributed by atoms with Gasteiger partial charge in [-0.05, 0) is 12.3 Å². The monoisotopic (exact) mass is 220 g/mol. The molecule has 1 saturated heterocycles. The highest BCUT2D eigenvalue weighted by atomic mass is 32.2. The lowest BCUT2D eigenvalue weighted by Gasteiger charge is -2.35. The fraction of sp³-hybridized carbons (Fsp3) is 1.00. The molecule has 84 valence electrons. The summed E-state index contributed by atoms with van der Waals surface area (Å²) in [5, 5.41) is 3.24. The molecule has 1 atom stereocenters. The van der Waals surface area contributed by atoms with Crippen LogP contribution in [0.15, 0.2) is 0 Å². The fourth-order valence-corrected chi connectivity index (χ4v) is 3.05. The third-order valence-corrected chi connectivity index (χ3v) is 3.80. The van der Waals surface area contributed by atoms with Gasteiger partial charge in [-0.1, -0.05) is 13.8 Å². The van der Waals surface area contributed by atoms with Crippen molar-refractivity contribution in [2.24, 2.45) is 5.92 Å². The van der Waals surface area contributed by atoms with E-state index in [4.69, 9.17) is 0 Å². The van der Waals surface area contributed by atoms with Gasteiger partial charge in [-0.25, -0.2) is 8.42 Å². The molecule has 0 spiro atoms. The van der Waals surface area contributed by atoms with E-state index in [1.54, 1.807) is 4.31 Å². The molecule has 0 bridgehead atoms. The average molecular weight is 220 g/mol. The Morgan fingerprint density at radius 2 is 2.14 bits per heavy atom. The maximum Gasteiger partial charge on any atom is 0.211 e. The summed E-state index contributed by atoms with van der Waals surface area (Å²) in [5.41, 5.74) is 0. The molecule has 0 saturated carbocycles. The highest BCUT2D eigenvalue weighted by molar-refractivity contribution is 7.88. The van der Waals surface area contributed by atoms with Crippen LogP contribution in [0.25, 0.3) is 0 Å². The molecule has 1 N–H and O–H groups in total. The Morgan fingerprint density at radius 1 is 1.50 bits per heavy atom. The van der Waals surface area contributed by atoms with E-state index in [0.717, 1.165) is 19.5 Å². The Morgan fingerprint density at radius 3 is 2.64 bits per heavy atom. The summed E-state index contributed by atoms with van der Waals surface area (Å²) in [5.74, 6) is 0.532. The van der Waals surface area contributed by atoms with E-state index >= 15 is 0 Å². The first-order valence-corrected chi connectivity index (χ1v) is 6.93. The standard InChI is InChI=1S/C9H20N2O2S/c1-8(2)6-9-7-10-4-5-11(9)14(3,12)13/h8-10H,4-7H2,1-3H3. The van der Waals surface area contributed by atoms with Crippen molar-refractivity contribution in [1.82, 2.24) is 9.62 Å². The minimum Gasteiger partial charge on any atom is -0.314 e. The van der Waals surface area contributed by atoms with Crippen LogP contribution in [0.2, 0.25) is 0 Å². The predicted molar refractivity (Wildman–Crippen MR) is 57.7 cm³/mol. The van der Waals surface area contributed by atoms with Gasteiger partial charge in [0.25, 0.3) is 0 Å². The van der Waals surface area contributed by atoms with E-state index in [-0.39, 0.29) is 6.04 Å². The first-order valence-electron chi connectivity index (χ1n) is 5.09. The van der Waals surface area contributed by atoms with Crippen LogP contribution in [-0.2, 0) is 10.0 Å². The molecule has 14 heavy (non-hydrogen) atoms. The predicted octanol–water partition coefficient (Wildman–Crippen LogP) is 0.266. The van der Waals surface area contributed by atoms with E-state index < -0.39 is 10.0 Å². The third kappa shape index (κ3) is 3.22. The van der Waals surface area contributed by atoms with Crippen molar-refractivity contribution in [2.45, 2.75) is 26.3 Å². The van der Waals surface area contributed by atoms with Gasteiger partial charge in [0.15, 0.2) is 0 Å². The van der Waals surface area contributed by atoms with Gasteiger partial charge >= 0.3 is 0 Å². The first-order chi connectivity index (χ1) is 6.41. The van der Waals surface area contributed by atoms with Gasteiger partial charge in [0.05, 0.1) is 6.26 Å². The zero-order valence-corrected chi connectivity index (χ0v) is 9.97. The lowest BCUT2D eigenvalue weighted by Crippen LogP contribution is -2.53. The molecule has 1 heterocycles. The maximum atomic E-state index is 11.5. The number of nitrogens with zero attached hydrogens (tertiary/aromatic N) is 1. The Balaban J connectivity index is 2.69. The third-order valence-electron chi connectivity index (χ3n) is 2.47. The molecular formula is C9H20N2O2S. The summed E-state index contributed by atoms with van der Waals surface area (Å²) in [6.45, 7) is 6.40. The minimum atomic E-state index is -3.03. The van der Waals surface area contributed by atoms with Crippen molar-refractivity contribution in [2.75, 3.05) is 25.9 Å². The van der Waals surface area contributed by atoms with Gasteiger partial charge in [-0.3, -0.25) is 0 Å². The van der Waals surface area contributed by atoms with Crippen LogP contribution in [0.3, 0.4) is 0 Å². The molecule has 0 aliphatic carbocycles. The van der Waals surface area contributed by atoms with E-state index in [0.29, 0.717) is 12.5 Å². The molecule has 4 nitrogen and oxygen atoms in total. The quantitative estimate of drug-likeness (QED) is 0.742. The Kier molecular flexibility index (Phi) is 3.92. The SMILES string of the molecule is CC(C)CC1CNCCN1S(C)(=O)=O. The van der Waals surface area contributed by atoms with Gasteiger partial charge in [-0.2, -0.15) is 4.31 Å². The molecule has 0 radical (unpaired) electrons. The molecule has 1 aliphatic rings. The summed E-state index contributed by atoms with van der Waals surface area (Å²) < 4.78 is 24.6. The van der Waals surface area contributed by atoms with E-state index in [1.807, 2.05) is 0 Å². The first kappa shape index (κ1) is 11.9. The molecule has 0 aromatic carbocycles. The van der Waals surface area contributed by atoms with Gasteiger partial charge < -0.3 is 5.32 Å². The smallest absolute Gasteiger partial charge is 0.211 e. The van der Waals surface area contributed by atoms with Crippen molar-refractivity contribution in [3.05, 3.63) is 0 Å². The van der Waals surface area contributed by atoms with Gasteiger partial charge in [0.2, 0.25) is 10.0 Å². The fourth-order valence-electron chi connectivity index (χ4n) is 1.92. The van der Waals surface area contributed by atoms with Crippen molar-refractivity contribution in [3.63, 3.8) is 0 Å². The van der Waals surface area contributed by atoms with Crippen LogP contribution in [0.5, 0.6) is 0 Å². The van der Waals surface area contributed by atoms with Crippen LogP contribution in [0, 0.1) is 5.92 Å². The lowest BCUT2D eigenvalue weighted by molar-refractivity contribution is 0.239. The summed E-state index contributed by atoms with van der Waals surface area (Å²) in [6.07, 6.45) is 2.23. The van der Waals surface area contributed by atoms with Gasteiger partial charge in [0.1, 0.15) is 0 Å². The maximum absolute atomic E-state index is 11.5. The summed E-state index contributed by atoms with van der Waals surface area (Å²) in [6, 6.07) is 0.138. The average Bonchev–Trinajstić information content (AvgIpc) is 2.01. The van der Waals surface area contributed by atoms with E-state index in [2.05, 4.69) is 19.2 Å². The van der Waals surface area contributed by atoms with Crippen LogP contribution in [-0.4, -0.2) is 44.7 Å². The second-order valence-electron chi connectivity index (χ2n) is 4.36. The minimum absolute atomic E-state index is 0.138. The second kappa shape index (κ2) is 4.59. The lowest BCUT2D eigenvalue weighted by atomic mass is 10.0. The van der Waals surface area contributed by atoms with Gasteiger partial charge in [0, 0.05) is 25.7 Å². The summed E-state index contributed by atoms with van der Waals surface area (Å²) >= 11 is 0. The largest absolute Gasteiger partial charge is 0.314 e. The number of nitrogens with one attached hydrogen (secondary N) is 1. The van der Waals surface area contributed by atoms with Gasteiger partial charge in [-0.15, -0.1) is 0 Å². The molecule has 1 aliphatic heterocycles. The van der Waals surface area contributed by atoms with Crippen molar-refractivity contribution in [3.8, 4) is 0 Å². The van der Waals surface area contributed by atoms with E-state index in [1.165, 1.54) is 6.26 Å². The number of hydrogen-bond donors (Lipinski definition) is 1.